The van der Waals surface area contributed by atoms with E-state index in [1.807, 2.05) is 13.8 Å². The number of hydrogen-bond acceptors (Lipinski definition) is 2. The molecule has 0 aromatic rings. The van der Waals surface area contributed by atoms with E-state index in [1.165, 1.54) is 0 Å². The highest BCUT2D eigenvalue weighted by Crippen LogP contribution is 2.23. The first-order chi connectivity index (χ1) is 8.81. The van der Waals surface area contributed by atoms with Crippen molar-refractivity contribution in [2.45, 2.75) is 58.5 Å². The number of unbranched alkanes of at least 4 members (excludes halogenated alkanes) is 2. The lowest BCUT2D eigenvalue weighted by Crippen LogP contribution is -2.69. The van der Waals surface area contributed by atoms with E-state index in [-0.39, 0.29) is 23.8 Å². The van der Waals surface area contributed by atoms with Gasteiger partial charge in [0.05, 0.1) is 0 Å². The first-order valence-corrected chi connectivity index (χ1v) is 6.88. The molecule has 1 unspecified atom stereocenters. The van der Waals surface area contributed by atoms with Crippen molar-refractivity contribution in [3.63, 3.8) is 0 Å². The molecule has 4 heteroatoms. The molecule has 0 spiro atoms. The summed E-state index contributed by atoms with van der Waals surface area (Å²) in [5.74, 6) is 2.63. The van der Waals surface area contributed by atoms with Gasteiger partial charge in [-0.1, -0.05) is 13.8 Å². The molecule has 0 aromatic carbocycles. The van der Waals surface area contributed by atoms with E-state index >= 15 is 0 Å². The van der Waals surface area contributed by atoms with E-state index in [0.29, 0.717) is 13.0 Å². The molecule has 0 aromatic heterocycles. The fraction of sp³-hybridized carbons (Fsp3) is 0.733. The van der Waals surface area contributed by atoms with Crippen LogP contribution in [0.4, 0.5) is 0 Å². The summed E-state index contributed by atoms with van der Waals surface area (Å²) in [7, 11) is 0. The zero-order valence-corrected chi connectivity index (χ0v) is 12.3. The number of hydrogen-bond donors (Lipinski definition) is 1. The zero-order chi connectivity index (χ0) is 14.6. The highest BCUT2D eigenvalue weighted by molar-refractivity contribution is 5.99. The van der Waals surface area contributed by atoms with Crippen LogP contribution in [0.1, 0.15) is 47.0 Å². The number of terminal acetylenes is 1. The molecular weight excluding hydrogens is 240 g/mol. The number of piperazine rings is 1. The van der Waals surface area contributed by atoms with Gasteiger partial charge in [-0.15, -0.1) is 12.3 Å². The summed E-state index contributed by atoms with van der Waals surface area (Å²) in [6.07, 6.45) is 7.65. The third kappa shape index (κ3) is 3.50. The molecule has 2 amide bonds. The van der Waals surface area contributed by atoms with Crippen LogP contribution in [0.3, 0.4) is 0 Å². The minimum Gasteiger partial charge on any atom is -0.340 e. The molecule has 0 saturated carbocycles. The Morgan fingerprint density at radius 2 is 2.00 bits per heavy atom. The Kier molecular flexibility index (Phi) is 4.99. The van der Waals surface area contributed by atoms with Gasteiger partial charge in [-0.3, -0.25) is 9.59 Å². The summed E-state index contributed by atoms with van der Waals surface area (Å²) in [5.41, 5.74) is -0.811. The molecule has 1 heterocycles. The molecule has 0 radical (unpaired) electrons. The molecular formula is C15H24N2O2. The predicted octanol–water partition coefficient (Wildman–Crippen LogP) is 1.55. The molecule has 1 rings (SSSR count). The van der Waals surface area contributed by atoms with Crippen LogP contribution < -0.4 is 5.32 Å². The lowest BCUT2D eigenvalue weighted by atomic mass is 9.91. The van der Waals surface area contributed by atoms with Gasteiger partial charge in [0, 0.05) is 13.0 Å². The van der Waals surface area contributed by atoms with Crippen molar-refractivity contribution in [2.75, 3.05) is 6.54 Å². The Labute approximate surface area is 115 Å². The van der Waals surface area contributed by atoms with Gasteiger partial charge in [-0.2, -0.15) is 0 Å². The maximum absolute atomic E-state index is 12.4. The summed E-state index contributed by atoms with van der Waals surface area (Å²) < 4.78 is 0. The zero-order valence-electron chi connectivity index (χ0n) is 12.3. The van der Waals surface area contributed by atoms with Crippen molar-refractivity contribution in [2.24, 2.45) is 5.92 Å². The van der Waals surface area contributed by atoms with Crippen LogP contribution in [0, 0.1) is 18.3 Å². The Morgan fingerprint density at radius 1 is 1.37 bits per heavy atom. The van der Waals surface area contributed by atoms with E-state index < -0.39 is 5.54 Å². The molecule has 0 aliphatic carbocycles. The van der Waals surface area contributed by atoms with Gasteiger partial charge >= 0.3 is 0 Å². The van der Waals surface area contributed by atoms with Gasteiger partial charge in [0.2, 0.25) is 11.8 Å². The third-order valence-corrected chi connectivity index (χ3v) is 3.44. The first kappa shape index (κ1) is 15.6. The van der Waals surface area contributed by atoms with Crippen molar-refractivity contribution in [3.05, 3.63) is 0 Å². The SMILES string of the molecule is C#CCCCCN1C(=O)C(C)(C)NC(=O)C1C(C)C. The largest absolute Gasteiger partial charge is 0.340 e. The highest BCUT2D eigenvalue weighted by Gasteiger charge is 2.45. The van der Waals surface area contributed by atoms with Gasteiger partial charge < -0.3 is 10.2 Å². The van der Waals surface area contributed by atoms with Crippen LogP contribution in [0.25, 0.3) is 0 Å². The molecule has 1 atom stereocenters. The third-order valence-electron chi connectivity index (χ3n) is 3.44. The van der Waals surface area contributed by atoms with Crippen LogP contribution in [0.5, 0.6) is 0 Å². The predicted molar refractivity (Wildman–Crippen MR) is 75.2 cm³/mol. The van der Waals surface area contributed by atoms with E-state index in [4.69, 9.17) is 6.42 Å². The lowest BCUT2D eigenvalue weighted by Gasteiger charge is -2.44. The molecule has 1 saturated heterocycles. The van der Waals surface area contributed by atoms with Crippen molar-refractivity contribution >= 4 is 11.8 Å². The molecule has 1 aliphatic rings. The van der Waals surface area contributed by atoms with Gasteiger partial charge in [-0.05, 0) is 32.6 Å². The standard InChI is InChI=1S/C15H24N2O2/c1-6-7-8-9-10-17-12(11(2)3)13(18)16-15(4,5)14(17)19/h1,11-12H,7-10H2,2-5H3,(H,16,18). The molecule has 4 nitrogen and oxygen atoms in total. The average molecular weight is 264 g/mol. The van der Waals surface area contributed by atoms with Crippen molar-refractivity contribution < 1.29 is 9.59 Å². The van der Waals surface area contributed by atoms with Gasteiger partial charge in [0.15, 0.2) is 0 Å². The summed E-state index contributed by atoms with van der Waals surface area (Å²) >= 11 is 0. The van der Waals surface area contributed by atoms with Crippen LogP contribution in [0.2, 0.25) is 0 Å². The molecule has 0 bridgehead atoms. The Hall–Kier alpha value is -1.50. The molecule has 19 heavy (non-hydrogen) atoms. The van der Waals surface area contributed by atoms with E-state index in [9.17, 15) is 9.59 Å². The molecule has 1 aliphatic heterocycles. The molecule has 106 valence electrons. The maximum Gasteiger partial charge on any atom is 0.248 e. The topological polar surface area (TPSA) is 49.4 Å². The number of nitrogens with zero attached hydrogens (tertiary/aromatic N) is 1. The fourth-order valence-corrected chi connectivity index (χ4v) is 2.47. The lowest BCUT2D eigenvalue weighted by molar-refractivity contribution is -0.155. The number of carbonyl (C=O) groups excluding carboxylic acids is 2. The minimum atomic E-state index is -0.811. The smallest absolute Gasteiger partial charge is 0.248 e. The quantitative estimate of drug-likeness (QED) is 0.605. The number of rotatable bonds is 5. The van der Waals surface area contributed by atoms with E-state index in [2.05, 4.69) is 11.2 Å². The van der Waals surface area contributed by atoms with Crippen molar-refractivity contribution in [3.8, 4) is 12.3 Å². The first-order valence-electron chi connectivity index (χ1n) is 6.88. The van der Waals surface area contributed by atoms with E-state index in [0.717, 1.165) is 12.8 Å². The number of carbonyl (C=O) groups is 2. The number of nitrogens with one attached hydrogen (secondary N) is 1. The normalized spacial score (nSPS) is 22.3. The Morgan fingerprint density at radius 3 is 2.53 bits per heavy atom. The van der Waals surface area contributed by atoms with Crippen molar-refractivity contribution in [1.29, 1.82) is 0 Å². The highest BCUT2D eigenvalue weighted by atomic mass is 16.2. The summed E-state index contributed by atoms with van der Waals surface area (Å²) in [6.45, 7) is 8.02. The second-order valence-electron chi connectivity index (χ2n) is 5.96. The Balaban J connectivity index is 2.82. The fourth-order valence-electron chi connectivity index (χ4n) is 2.47. The second kappa shape index (κ2) is 6.10. The van der Waals surface area contributed by atoms with Gasteiger partial charge in [0.1, 0.15) is 11.6 Å². The minimum absolute atomic E-state index is 0.00786. The van der Waals surface area contributed by atoms with Crippen LogP contribution >= 0.6 is 0 Å². The average Bonchev–Trinajstić information content (AvgIpc) is 2.29. The van der Waals surface area contributed by atoms with Gasteiger partial charge in [-0.25, -0.2) is 0 Å². The monoisotopic (exact) mass is 264 g/mol. The van der Waals surface area contributed by atoms with Gasteiger partial charge in [0.25, 0.3) is 0 Å². The maximum atomic E-state index is 12.4. The summed E-state index contributed by atoms with van der Waals surface area (Å²) in [4.78, 5) is 26.3. The van der Waals surface area contributed by atoms with Crippen LogP contribution in [0.15, 0.2) is 0 Å². The van der Waals surface area contributed by atoms with Crippen molar-refractivity contribution in [1.82, 2.24) is 10.2 Å². The second-order valence-corrected chi connectivity index (χ2v) is 5.96. The Bertz CT molecular complexity index is 393. The molecule has 1 fully saturated rings. The van der Waals surface area contributed by atoms with E-state index in [1.54, 1.807) is 18.7 Å². The number of amides is 2. The van der Waals surface area contributed by atoms with Crippen LogP contribution in [-0.2, 0) is 9.59 Å². The van der Waals surface area contributed by atoms with Crippen LogP contribution in [-0.4, -0.2) is 34.8 Å². The summed E-state index contributed by atoms with van der Waals surface area (Å²) in [5, 5.41) is 2.81. The molecule has 1 N–H and O–H groups in total. The summed E-state index contributed by atoms with van der Waals surface area (Å²) in [6, 6.07) is -0.369.